The van der Waals surface area contributed by atoms with Crippen molar-refractivity contribution in [3.05, 3.63) is 0 Å². The molecule has 0 aromatic carbocycles. The van der Waals surface area contributed by atoms with Crippen molar-refractivity contribution in [3.8, 4) is 12.3 Å². The highest BCUT2D eigenvalue weighted by atomic mass is 33.3. The van der Waals surface area contributed by atoms with Crippen molar-refractivity contribution in [3.63, 3.8) is 0 Å². The van der Waals surface area contributed by atoms with Crippen molar-refractivity contribution >= 4 is 30.7 Å². The van der Waals surface area contributed by atoms with Gasteiger partial charge < -0.3 is 4.18 Å². The number of hydrogen-bond acceptors (Lipinski definition) is 3. The second-order valence-electron chi connectivity index (χ2n) is 1.24. The molecular formula is C4H4OS3. The van der Waals surface area contributed by atoms with Gasteiger partial charge in [-0.2, -0.15) is 0 Å². The van der Waals surface area contributed by atoms with Crippen LogP contribution in [0.2, 0.25) is 0 Å². The molecule has 0 aromatic heterocycles. The van der Waals surface area contributed by atoms with E-state index in [0.717, 1.165) is 0 Å². The molecule has 44 valence electrons. The lowest BCUT2D eigenvalue weighted by atomic mass is 10.5. The summed E-state index contributed by atoms with van der Waals surface area (Å²) in [4.78, 5) is 0. The maximum absolute atomic E-state index is 5.10. The molecule has 1 fully saturated rings. The lowest BCUT2D eigenvalue weighted by molar-refractivity contribution is 0.401. The molecule has 0 radical (unpaired) electrons. The van der Waals surface area contributed by atoms with Gasteiger partial charge >= 0.3 is 0 Å². The fraction of sp³-hybridized carbons (Fsp3) is 0.500. The summed E-state index contributed by atoms with van der Waals surface area (Å²) in [5.41, 5.74) is 0. The molecule has 1 aliphatic heterocycles. The van der Waals surface area contributed by atoms with Crippen LogP contribution in [0.25, 0.3) is 0 Å². The standard InChI is InChI=1S/C4H4OS3/c1-2-4-3-5-8(6)7-4/h1,4H,3H2. The Morgan fingerprint density at radius 3 is 3.00 bits per heavy atom. The summed E-state index contributed by atoms with van der Waals surface area (Å²) in [6.45, 7) is 0.633. The van der Waals surface area contributed by atoms with E-state index < -0.39 is 0 Å². The van der Waals surface area contributed by atoms with Gasteiger partial charge in [0, 0.05) is 0 Å². The topological polar surface area (TPSA) is 9.23 Å². The molecule has 2 unspecified atom stereocenters. The van der Waals surface area contributed by atoms with E-state index in [4.69, 9.17) is 21.8 Å². The summed E-state index contributed by atoms with van der Waals surface area (Å²) in [5, 5.41) is 0.204. The number of terminal acetylenes is 1. The summed E-state index contributed by atoms with van der Waals surface area (Å²) in [5.74, 6) is 2.57. The third-order valence-corrected chi connectivity index (χ3v) is 4.14. The Labute approximate surface area is 59.4 Å². The zero-order chi connectivity index (χ0) is 5.98. The van der Waals surface area contributed by atoms with Gasteiger partial charge in [0.1, 0.15) is 5.25 Å². The quantitative estimate of drug-likeness (QED) is 0.384. The first-order valence-electron chi connectivity index (χ1n) is 2.01. The van der Waals surface area contributed by atoms with Crippen molar-refractivity contribution in [2.75, 3.05) is 6.61 Å². The molecular weight excluding hydrogens is 160 g/mol. The van der Waals surface area contributed by atoms with Crippen LogP contribution in [-0.2, 0) is 24.1 Å². The van der Waals surface area contributed by atoms with E-state index >= 15 is 0 Å². The molecule has 0 aliphatic carbocycles. The maximum atomic E-state index is 5.10. The fourth-order valence-electron chi connectivity index (χ4n) is 0.344. The van der Waals surface area contributed by atoms with Gasteiger partial charge in [0.05, 0.1) is 15.4 Å². The SMILES string of the molecule is C#CC1COS(=S)S1. The van der Waals surface area contributed by atoms with Crippen LogP contribution in [0.3, 0.4) is 0 Å². The Kier molecular flexibility index (Phi) is 2.32. The Balaban J connectivity index is 2.47. The molecule has 0 saturated carbocycles. The molecule has 0 N–H and O–H groups in total. The van der Waals surface area contributed by atoms with Gasteiger partial charge in [-0.3, -0.25) is 0 Å². The van der Waals surface area contributed by atoms with E-state index in [1.807, 2.05) is 0 Å². The van der Waals surface area contributed by atoms with Gasteiger partial charge in [-0.25, -0.2) is 0 Å². The summed E-state index contributed by atoms with van der Waals surface area (Å²) < 4.78 is 5.02. The first kappa shape index (κ1) is 6.56. The highest BCUT2D eigenvalue weighted by Crippen LogP contribution is 2.24. The van der Waals surface area contributed by atoms with Crippen molar-refractivity contribution in [2.24, 2.45) is 0 Å². The lowest BCUT2D eigenvalue weighted by Crippen LogP contribution is -1.96. The summed E-state index contributed by atoms with van der Waals surface area (Å²) in [6.07, 6.45) is 5.10. The van der Waals surface area contributed by atoms with Gasteiger partial charge in [0.2, 0.25) is 0 Å². The van der Waals surface area contributed by atoms with Crippen LogP contribution < -0.4 is 0 Å². The molecule has 0 bridgehead atoms. The molecule has 2 atom stereocenters. The lowest BCUT2D eigenvalue weighted by Gasteiger charge is -1.86. The van der Waals surface area contributed by atoms with Crippen LogP contribution in [-0.4, -0.2) is 11.9 Å². The molecule has 0 amide bonds. The second kappa shape index (κ2) is 2.83. The number of rotatable bonds is 0. The van der Waals surface area contributed by atoms with Crippen molar-refractivity contribution in [2.45, 2.75) is 5.25 Å². The Morgan fingerprint density at radius 1 is 2.00 bits per heavy atom. The highest BCUT2D eigenvalue weighted by Gasteiger charge is 2.17. The van der Waals surface area contributed by atoms with Gasteiger partial charge in [0.15, 0.2) is 0 Å². The summed E-state index contributed by atoms with van der Waals surface area (Å²) in [6, 6.07) is 0. The fourth-order valence-corrected chi connectivity index (χ4v) is 3.36. The largest absolute Gasteiger partial charge is 0.301 e. The van der Waals surface area contributed by atoms with E-state index in [0.29, 0.717) is 6.61 Å². The van der Waals surface area contributed by atoms with Gasteiger partial charge in [0.25, 0.3) is 0 Å². The average molecular weight is 164 g/mol. The minimum Gasteiger partial charge on any atom is -0.301 e. The normalized spacial score (nSPS) is 36.9. The zero-order valence-electron chi connectivity index (χ0n) is 3.99. The predicted molar refractivity (Wildman–Crippen MR) is 40.9 cm³/mol. The summed E-state index contributed by atoms with van der Waals surface area (Å²) >= 11 is 4.82. The van der Waals surface area contributed by atoms with Gasteiger partial charge in [-0.1, -0.05) is 5.92 Å². The minimum absolute atomic E-state index is 0.204. The smallest absolute Gasteiger partial charge is 0.103 e. The molecule has 1 rings (SSSR count). The molecule has 1 nitrogen and oxygen atoms in total. The molecule has 1 saturated heterocycles. The predicted octanol–water partition coefficient (Wildman–Crippen LogP) is 0.662. The van der Waals surface area contributed by atoms with Crippen LogP contribution in [0.1, 0.15) is 0 Å². The molecule has 8 heavy (non-hydrogen) atoms. The van der Waals surface area contributed by atoms with E-state index in [-0.39, 0.29) is 14.0 Å². The minimum atomic E-state index is -0.345. The summed E-state index contributed by atoms with van der Waals surface area (Å²) in [7, 11) is 1.20. The Morgan fingerprint density at radius 2 is 2.75 bits per heavy atom. The van der Waals surface area contributed by atoms with E-state index in [1.54, 1.807) is 10.8 Å². The zero-order valence-corrected chi connectivity index (χ0v) is 6.44. The van der Waals surface area contributed by atoms with Crippen LogP contribution in [0.4, 0.5) is 0 Å². The molecule has 0 spiro atoms. The first-order valence-corrected chi connectivity index (χ1v) is 5.48. The van der Waals surface area contributed by atoms with Crippen LogP contribution in [0.5, 0.6) is 0 Å². The molecule has 1 aliphatic rings. The highest BCUT2D eigenvalue weighted by molar-refractivity contribution is 8.81. The molecule has 0 aromatic rings. The Hall–Kier alpha value is 0.440. The van der Waals surface area contributed by atoms with E-state index in [1.165, 1.54) is 0 Å². The van der Waals surface area contributed by atoms with Gasteiger partial charge in [-0.15, -0.1) is 6.42 Å². The first-order chi connectivity index (χ1) is 3.83. The van der Waals surface area contributed by atoms with Gasteiger partial charge in [-0.05, 0) is 22.0 Å². The van der Waals surface area contributed by atoms with Crippen LogP contribution >= 0.6 is 10.8 Å². The number of hydrogen-bond donors (Lipinski definition) is 0. The maximum Gasteiger partial charge on any atom is 0.103 e. The monoisotopic (exact) mass is 164 g/mol. The van der Waals surface area contributed by atoms with E-state index in [9.17, 15) is 0 Å². The average Bonchev–Trinajstić information content (AvgIpc) is 2.14. The second-order valence-corrected chi connectivity index (χ2v) is 5.67. The van der Waals surface area contributed by atoms with Crippen molar-refractivity contribution in [1.29, 1.82) is 0 Å². The third kappa shape index (κ3) is 1.46. The van der Waals surface area contributed by atoms with E-state index in [2.05, 4.69) is 5.92 Å². The Bertz CT molecular complexity index is 148. The molecule has 4 heteroatoms. The third-order valence-electron chi connectivity index (χ3n) is 0.696. The van der Waals surface area contributed by atoms with Crippen molar-refractivity contribution < 1.29 is 4.18 Å². The van der Waals surface area contributed by atoms with Crippen molar-refractivity contribution in [1.82, 2.24) is 0 Å². The molecule has 1 heterocycles. The van der Waals surface area contributed by atoms with Crippen LogP contribution in [0, 0.1) is 12.3 Å². The van der Waals surface area contributed by atoms with Crippen LogP contribution in [0.15, 0.2) is 0 Å².